The number of ether oxygens (including phenoxy) is 2. The van der Waals surface area contributed by atoms with E-state index in [1.807, 2.05) is 19.1 Å². The Hall–Kier alpha value is -4.21. The van der Waals surface area contributed by atoms with Gasteiger partial charge >= 0.3 is 0 Å². The van der Waals surface area contributed by atoms with Crippen molar-refractivity contribution in [1.29, 1.82) is 0 Å². The van der Waals surface area contributed by atoms with Crippen LogP contribution in [0.1, 0.15) is 17.3 Å². The van der Waals surface area contributed by atoms with E-state index in [1.165, 1.54) is 24.5 Å². The van der Waals surface area contributed by atoms with E-state index in [2.05, 4.69) is 14.9 Å². The number of carbonyl (C=O) groups excluding carboxylic acids is 1. The molecule has 1 amide bonds. The van der Waals surface area contributed by atoms with Crippen LogP contribution in [0, 0.1) is 10.1 Å². The predicted molar refractivity (Wildman–Crippen MR) is 121 cm³/mol. The molecule has 1 fully saturated rings. The summed E-state index contributed by atoms with van der Waals surface area (Å²) in [7, 11) is 1.57. The Morgan fingerprint density at radius 1 is 1.09 bits per heavy atom. The van der Waals surface area contributed by atoms with Crippen molar-refractivity contribution in [2.45, 2.75) is 13.0 Å². The highest BCUT2D eigenvalue weighted by atomic mass is 16.6. The molecule has 0 aliphatic carbocycles. The van der Waals surface area contributed by atoms with Crippen LogP contribution >= 0.6 is 0 Å². The van der Waals surface area contributed by atoms with Crippen molar-refractivity contribution in [3.05, 3.63) is 76.6 Å². The largest absolute Gasteiger partial charge is 0.493 e. The zero-order valence-electron chi connectivity index (χ0n) is 18.2. The molecule has 3 aromatic rings. The molecule has 1 aliphatic rings. The fourth-order valence-corrected chi connectivity index (χ4v) is 3.76. The van der Waals surface area contributed by atoms with Gasteiger partial charge in [0.05, 0.1) is 12.0 Å². The third kappa shape index (κ3) is 4.84. The highest BCUT2D eigenvalue weighted by Crippen LogP contribution is 2.31. The van der Waals surface area contributed by atoms with E-state index >= 15 is 0 Å². The molecule has 10 heteroatoms. The second-order valence-electron chi connectivity index (χ2n) is 7.57. The molecule has 1 aliphatic heterocycles. The molecule has 1 atom stereocenters. The second-order valence-corrected chi connectivity index (χ2v) is 7.57. The molecule has 33 heavy (non-hydrogen) atoms. The van der Waals surface area contributed by atoms with Crippen molar-refractivity contribution >= 4 is 17.4 Å². The normalized spacial score (nSPS) is 15.8. The molecule has 0 unspecified atom stereocenters. The molecule has 0 radical (unpaired) electrons. The number of benzene rings is 2. The quantitative estimate of drug-likeness (QED) is 0.415. The zero-order valence-corrected chi connectivity index (χ0v) is 18.2. The maximum absolute atomic E-state index is 13.0. The molecule has 4 rings (SSSR count). The summed E-state index contributed by atoms with van der Waals surface area (Å²) in [6.45, 7) is 3.49. The number of hydrogen-bond donors (Lipinski definition) is 0. The minimum absolute atomic E-state index is 0.101. The highest BCUT2D eigenvalue weighted by Gasteiger charge is 2.29. The van der Waals surface area contributed by atoms with Crippen molar-refractivity contribution in [2.24, 2.45) is 0 Å². The topological polar surface area (TPSA) is 111 Å². The van der Waals surface area contributed by atoms with Crippen LogP contribution in [0.5, 0.6) is 17.4 Å². The summed E-state index contributed by atoms with van der Waals surface area (Å²) < 4.78 is 11.2. The van der Waals surface area contributed by atoms with Crippen LogP contribution in [-0.2, 0) is 0 Å². The van der Waals surface area contributed by atoms with Gasteiger partial charge in [0.2, 0.25) is 5.88 Å². The number of amides is 1. The van der Waals surface area contributed by atoms with Gasteiger partial charge in [-0.2, -0.15) is 0 Å². The van der Waals surface area contributed by atoms with Gasteiger partial charge in [-0.05, 0) is 25.1 Å². The van der Waals surface area contributed by atoms with Gasteiger partial charge in [-0.15, -0.1) is 0 Å². The summed E-state index contributed by atoms with van der Waals surface area (Å²) in [6.07, 6.45) is 1.44. The molecule has 1 saturated heterocycles. The van der Waals surface area contributed by atoms with Crippen molar-refractivity contribution in [3.8, 4) is 17.4 Å². The molecule has 2 heterocycles. The molecule has 0 N–H and O–H groups in total. The summed E-state index contributed by atoms with van der Waals surface area (Å²) in [5, 5.41) is 11.0. The number of methoxy groups -OCH3 is 1. The van der Waals surface area contributed by atoms with Gasteiger partial charge in [-0.25, -0.2) is 9.97 Å². The number of nitro groups is 1. The summed E-state index contributed by atoms with van der Waals surface area (Å²) in [6, 6.07) is 14.7. The number of nitro benzene ring substituents is 1. The molecule has 170 valence electrons. The van der Waals surface area contributed by atoms with E-state index in [0.29, 0.717) is 48.4 Å². The van der Waals surface area contributed by atoms with Gasteiger partial charge in [0.1, 0.15) is 12.1 Å². The third-order valence-corrected chi connectivity index (χ3v) is 5.43. The van der Waals surface area contributed by atoms with Crippen LogP contribution in [0.3, 0.4) is 0 Å². The first-order chi connectivity index (χ1) is 16.0. The number of hydrogen-bond acceptors (Lipinski definition) is 8. The number of carbonyl (C=O) groups is 1. The van der Waals surface area contributed by atoms with Crippen molar-refractivity contribution < 1.29 is 19.2 Å². The second kappa shape index (κ2) is 9.51. The van der Waals surface area contributed by atoms with Crippen LogP contribution in [-0.4, -0.2) is 58.5 Å². The Balaban J connectivity index is 1.46. The fraction of sp³-hybridized carbons (Fsp3) is 0.261. The van der Waals surface area contributed by atoms with Crippen LogP contribution in [0.2, 0.25) is 0 Å². The molecule has 1 aromatic heterocycles. The van der Waals surface area contributed by atoms with E-state index in [9.17, 15) is 14.9 Å². The first-order valence-corrected chi connectivity index (χ1v) is 10.4. The minimum Gasteiger partial charge on any atom is -0.493 e. The maximum atomic E-state index is 13.0. The first kappa shape index (κ1) is 22.0. The monoisotopic (exact) mass is 449 g/mol. The Kier molecular flexibility index (Phi) is 6.34. The smallest absolute Gasteiger partial charge is 0.270 e. The third-order valence-electron chi connectivity index (χ3n) is 5.43. The summed E-state index contributed by atoms with van der Waals surface area (Å²) in [4.78, 5) is 35.9. The number of nitrogens with zero attached hydrogens (tertiary/aromatic N) is 5. The zero-order chi connectivity index (χ0) is 23.4. The highest BCUT2D eigenvalue weighted by molar-refractivity contribution is 5.95. The lowest BCUT2D eigenvalue weighted by Gasteiger charge is -2.40. The van der Waals surface area contributed by atoms with E-state index < -0.39 is 4.92 Å². The molecule has 0 saturated carbocycles. The molecule has 2 aromatic carbocycles. The summed E-state index contributed by atoms with van der Waals surface area (Å²) >= 11 is 0. The summed E-state index contributed by atoms with van der Waals surface area (Å²) in [5.41, 5.74) is 0.203. The Bertz CT molecular complexity index is 1170. The van der Waals surface area contributed by atoms with Gasteiger partial charge < -0.3 is 19.3 Å². The predicted octanol–water partition coefficient (Wildman–Crippen LogP) is 3.54. The molecular weight excluding hydrogens is 426 g/mol. The Morgan fingerprint density at radius 3 is 2.61 bits per heavy atom. The van der Waals surface area contributed by atoms with Gasteiger partial charge in [0, 0.05) is 49.4 Å². The minimum atomic E-state index is -0.502. The average Bonchev–Trinajstić information content (AvgIpc) is 2.84. The molecule has 0 spiro atoms. The Labute approximate surface area is 190 Å². The van der Waals surface area contributed by atoms with Crippen LogP contribution in [0.15, 0.2) is 60.9 Å². The molecule has 10 nitrogen and oxygen atoms in total. The van der Waals surface area contributed by atoms with Gasteiger partial charge in [-0.3, -0.25) is 14.9 Å². The first-order valence-electron chi connectivity index (χ1n) is 10.4. The Morgan fingerprint density at radius 2 is 1.88 bits per heavy atom. The maximum Gasteiger partial charge on any atom is 0.270 e. The van der Waals surface area contributed by atoms with Crippen LogP contribution in [0.4, 0.5) is 11.5 Å². The number of aromatic nitrogens is 2. The number of anilines is 1. The summed E-state index contributed by atoms with van der Waals surface area (Å²) in [5.74, 6) is 1.98. The number of piperazine rings is 1. The van der Waals surface area contributed by atoms with Crippen molar-refractivity contribution in [2.75, 3.05) is 31.6 Å². The standard InChI is InChI=1S/C23H23N5O5/c1-16-14-26(10-11-27(16)23(29)17-6-5-7-18(12-17)28(30)31)21-13-22(25-15-24-21)33-20-9-4-3-8-19(20)32-2/h3-9,12-13,15-16H,10-11,14H2,1-2H3/t16-/m0/s1. The van der Waals surface area contributed by atoms with Gasteiger partial charge in [-0.1, -0.05) is 18.2 Å². The lowest BCUT2D eigenvalue weighted by molar-refractivity contribution is -0.384. The number of para-hydroxylation sites is 2. The number of non-ortho nitro benzene ring substituents is 1. The van der Waals surface area contributed by atoms with Gasteiger partial charge in [0.25, 0.3) is 11.6 Å². The molecule has 0 bridgehead atoms. The van der Waals surface area contributed by atoms with E-state index in [0.717, 1.165) is 0 Å². The van der Waals surface area contributed by atoms with E-state index in [-0.39, 0.29) is 17.6 Å². The van der Waals surface area contributed by atoms with Crippen LogP contribution in [0.25, 0.3) is 0 Å². The molecular formula is C23H23N5O5. The van der Waals surface area contributed by atoms with Crippen molar-refractivity contribution in [3.63, 3.8) is 0 Å². The lowest BCUT2D eigenvalue weighted by Crippen LogP contribution is -2.54. The number of rotatable bonds is 6. The van der Waals surface area contributed by atoms with E-state index in [1.54, 1.807) is 36.3 Å². The SMILES string of the molecule is COc1ccccc1Oc1cc(N2CCN(C(=O)c3cccc([N+](=O)[O-])c3)[C@@H](C)C2)ncn1. The van der Waals surface area contributed by atoms with E-state index in [4.69, 9.17) is 9.47 Å². The van der Waals surface area contributed by atoms with Crippen molar-refractivity contribution in [1.82, 2.24) is 14.9 Å². The fourth-order valence-electron chi connectivity index (χ4n) is 3.76. The lowest BCUT2D eigenvalue weighted by atomic mass is 10.1. The van der Waals surface area contributed by atoms with Crippen LogP contribution < -0.4 is 14.4 Å². The average molecular weight is 449 g/mol. The van der Waals surface area contributed by atoms with Gasteiger partial charge in [0.15, 0.2) is 11.5 Å².